The van der Waals surface area contributed by atoms with E-state index in [1.807, 2.05) is 0 Å². The number of thiophene rings is 1. The van der Waals surface area contributed by atoms with E-state index in [4.69, 9.17) is 8.83 Å². The third-order valence-corrected chi connectivity index (χ3v) is 7.95. The highest BCUT2D eigenvalue weighted by Crippen LogP contribution is 2.37. The lowest BCUT2D eigenvalue weighted by atomic mass is 9.90. The van der Waals surface area contributed by atoms with E-state index in [1.54, 1.807) is 33.3 Å². The van der Waals surface area contributed by atoms with Gasteiger partial charge in [-0.2, -0.15) is 0 Å². The van der Waals surface area contributed by atoms with Gasteiger partial charge in [0.25, 0.3) is 17.0 Å². The summed E-state index contributed by atoms with van der Waals surface area (Å²) < 4.78 is 11.0. The van der Waals surface area contributed by atoms with Crippen LogP contribution in [-0.2, 0) is 17.6 Å². The first kappa shape index (κ1) is 21.3. The Morgan fingerprint density at radius 1 is 1.22 bits per heavy atom. The molecular weight excluding hydrogens is 448 g/mol. The SMILES string of the molecule is CC1CCc2sc(-c3nnc(SCC(=O)N4CCN(C(=O)c5ccco5)CC4)o3)cc2C1. The fraction of sp³-hybridized carbons (Fsp3) is 0.455. The van der Waals surface area contributed by atoms with Crippen molar-refractivity contribution in [2.75, 3.05) is 31.9 Å². The van der Waals surface area contributed by atoms with E-state index in [1.165, 1.54) is 34.9 Å². The van der Waals surface area contributed by atoms with Crippen LogP contribution in [0.2, 0.25) is 0 Å². The number of piperazine rings is 1. The van der Waals surface area contributed by atoms with Crippen molar-refractivity contribution < 1.29 is 18.4 Å². The second kappa shape index (κ2) is 9.11. The van der Waals surface area contributed by atoms with Crippen molar-refractivity contribution in [2.24, 2.45) is 5.92 Å². The standard InChI is InChI=1S/C22H24N4O4S2/c1-14-4-5-17-15(11-14)12-18(32-17)20-23-24-22(30-20)31-13-19(27)25-6-8-26(9-7-25)21(28)16-3-2-10-29-16/h2-3,10,12,14H,4-9,11,13H2,1H3. The molecule has 4 heterocycles. The maximum atomic E-state index is 12.6. The molecule has 1 saturated heterocycles. The van der Waals surface area contributed by atoms with Gasteiger partial charge >= 0.3 is 0 Å². The number of thioether (sulfide) groups is 1. The molecule has 1 aliphatic carbocycles. The van der Waals surface area contributed by atoms with E-state index in [-0.39, 0.29) is 17.6 Å². The van der Waals surface area contributed by atoms with Gasteiger partial charge in [-0.15, -0.1) is 21.5 Å². The fourth-order valence-electron chi connectivity index (χ4n) is 4.11. The predicted octanol–water partition coefficient (Wildman–Crippen LogP) is 3.59. The number of hydrogen-bond donors (Lipinski definition) is 0. The number of amides is 2. The van der Waals surface area contributed by atoms with Gasteiger partial charge in [0.1, 0.15) is 0 Å². The van der Waals surface area contributed by atoms with Gasteiger partial charge in [-0.25, -0.2) is 0 Å². The van der Waals surface area contributed by atoms with Crippen molar-refractivity contribution in [1.29, 1.82) is 0 Å². The lowest BCUT2D eigenvalue weighted by Gasteiger charge is -2.34. The van der Waals surface area contributed by atoms with Crippen molar-refractivity contribution in [1.82, 2.24) is 20.0 Å². The summed E-state index contributed by atoms with van der Waals surface area (Å²) >= 11 is 2.99. The highest BCUT2D eigenvalue weighted by Gasteiger charge is 2.26. The van der Waals surface area contributed by atoms with Gasteiger partial charge in [0.2, 0.25) is 5.91 Å². The Balaban J connectivity index is 1.12. The topological polar surface area (TPSA) is 92.7 Å². The average molecular weight is 473 g/mol. The summed E-state index contributed by atoms with van der Waals surface area (Å²) in [6.07, 6.45) is 4.94. The monoisotopic (exact) mass is 472 g/mol. The molecule has 1 fully saturated rings. The average Bonchev–Trinajstić information content (AvgIpc) is 3.57. The molecule has 2 amide bonds. The number of aromatic nitrogens is 2. The van der Waals surface area contributed by atoms with Gasteiger partial charge in [-0.1, -0.05) is 18.7 Å². The van der Waals surface area contributed by atoms with Gasteiger partial charge in [0.15, 0.2) is 5.76 Å². The third-order valence-electron chi connectivity index (χ3n) is 5.92. The molecule has 1 unspecified atom stereocenters. The predicted molar refractivity (Wildman–Crippen MR) is 121 cm³/mol. The molecular formula is C22H24N4O4S2. The molecule has 10 heteroatoms. The smallest absolute Gasteiger partial charge is 0.289 e. The van der Waals surface area contributed by atoms with Crippen LogP contribution in [0.1, 0.15) is 34.3 Å². The molecule has 0 spiro atoms. The molecule has 0 aromatic carbocycles. The second-order valence-corrected chi connectivity index (χ2v) is 10.3. The van der Waals surface area contributed by atoms with Crippen molar-refractivity contribution >= 4 is 34.9 Å². The Labute approximate surface area is 194 Å². The summed E-state index contributed by atoms with van der Waals surface area (Å²) in [6.45, 7) is 4.26. The summed E-state index contributed by atoms with van der Waals surface area (Å²) in [5, 5.41) is 8.70. The van der Waals surface area contributed by atoms with Crippen LogP contribution in [0.4, 0.5) is 0 Å². The molecule has 0 bridgehead atoms. The van der Waals surface area contributed by atoms with Crippen LogP contribution >= 0.6 is 23.1 Å². The first-order chi connectivity index (χ1) is 15.6. The molecule has 1 aliphatic heterocycles. The Kier molecular flexibility index (Phi) is 6.05. The summed E-state index contributed by atoms with van der Waals surface area (Å²) in [5.74, 6) is 1.66. The van der Waals surface area contributed by atoms with Crippen molar-refractivity contribution in [2.45, 2.75) is 31.4 Å². The van der Waals surface area contributed by atoms with E-state index in [0.29, 0.717) is 43.1 Å². The zero-order valence-corrected chi connectivity index (χ0v) is 19.4. The maximum absolute atomic E-state index is 12.6. The first-order valence-electron chi connectivity index (χ1n) is 10.8. The van der Waals surface area contributed by atoms with E-state index in [0.717, 1.165) is 23.6 Å². The van der Waals surface area contributed by atoms with Crippen molar-refractivity contribution in [3.05, 3.63) is 40.7 Å². The molecule has 3 aromatic rings. The lowest BCUT2D eigenvalue weighted by Crippen LogP contribution is -2.51. The van der Waals surface area contributed by atoms with Crippen LogP contribution in [0, 0.1) is 5.92 Å². The molecule has 1 atom stereocenters. The van der Waals surface area contributed by atoms with Crippen LogP contribution in [0.25, 0.3) is 10.8 Å². The fourth-order valence-corrected chi connectivity index (χ4v) is 5.90. The zero-order valence-electron chi connectivity index (χ0n) is 17.8. The molecule has 3 aromatic heterocycles. The minimum atomic E-state index is -0.139. The Morgan fingerprint density at radius 2 is 2.03 bits per heavy atom. The van der Waals surface area contributed by atoms with Crippen molar-refractivity contribution in [3.63, 3.8) is 0 Å². The van der Waals surface area contributed by atoms with Gasteiger partial charge in [-0.05, 0) is 48.9 Å². The number of carbonyl (C=O) groups is 2. The second-order valence-electron chi connectivity index (χ2n) is 8.22. The number of furan rings is 1. The van der Waals surface area contributed by atoms with E-state index >= 15 is 0 Å². The number of fused-ring (bicyclic) bond motifs is 1. The molecule has 32 heavy (non-hydrogen) atoms. The third kappa shape index (κ3) is 4.47. The summed E-state index contributed by atoms with van der Waals surface area (Å²) in [5.41, 5.74) is 1.40. The molecule has 8 nitrogen and oxygen atoms in total. The van der Waals surface area contributed by atoms with E-state index in [9.17, 15) is 9.59 Å². The summed E-state index contributed by atoms with van der Waals surface area (Å²) in [6, 6.07) is 5.52. The molecule has 0 N–H and O–H groups in total. The highest BCUT2D eigenvalue weighted by atomic mass is 32.2. The number of rotatable bonds is 5. The number of nitrogens with zero attached hydrogens (tertiary/aromatic N) is 4. The van der Waals surface area contributed by atoms with Crippen LogP contribution in [0.15, 0.2) is 38.5 Å². The van der Waals surface area contributed by atoms with Crippen LogP contribution in [0.5, 0.6) is 0 Å². The molecule has 0 radical (unpaired) electrons. The Morgan fingerprint density at radius 3 is 2.81 bits per heavy atom. The van der Waals surface area contributed by atoms with Crippen LogP contribution in [-0.4, -0.2) is 63.7 Å². The minimum Gasteiger partial charge on any atom is -0.459 e. The summed E-state index contributed by atoms with van der Waals surface area (Å²) in [7, 11) is 0. The Bertz CT molecular complexity index is 1100. The molecule has 0 saturated carbocycles. The Hall–Kier alpha value is -2.59. The largest absolute Gasteiger partial charge is 0.459 e. The van der Waals surface area contributed by atoms with Gasteiger partial charge in [-0.3, -0.25) is 9.59 Å². The molecule has 168 valence electrons. The number of aryl methyl sites for hydroxylation is 1. The van der Waals surface area contributed by atoms with E-state index in [2.05, 4.69) is 23.2 Å². The normalized spacial score (nSPS) is 18.6. The zero-order chi connectivity index (χ0) is 22.1. The first-order valence-corrected chi connectivity index (χ1v) is 12.6. The highest BCUT2D eigenvalue weighted by molar-refractivity contribution is 7.99. The molecule has 2 aliphatic rings. The number of carbonyl (C=O) groups excluding carboxylic acids is 2. The summed E-state index contributed by atoms with van der Waals surface area (Å²) in [4.78, 5) is 30.9. The quantitative estimate of drug-likeness (QED) is 0.524. The van der Waals surface area contributed by atoms with E-state index < -0.39 is 0 Å². The number of hydrogen-bond acceptors (Lipinski definition) is 8. The van der Waals surface area contributed by atoms with Crippen LogP contribution < -0.4 is 0 Å². The van der Waals surface area contributed by atoms with Gasteiger partial charge in [0.05, 0.1) is 16.9 Å². The van der Waals surface area contributed by atoms with Gasteiger partial charge in [0, 0.05) is 31.1 Å². The van der Waals surface area contributed by atoms with Crippen LogP contribution in [0.3, 0.4) is 0 Å². The molecule has 5 rings (SSSR count). The van der Waals surface area contributed by atoms with Gasteiger partial charge < -0.3 is 18.6 Å². The van der Waals surface area contributed by atoms with Crippen molar-refractivity contribution in [3.8, 4) is 10.8 Å². The lowest BCUT2D eigenvalue weighted by molar-refractivity contribution is -0.129. The maximum Gasteiger partial charge on any atom is 0.289 e. The minimum absolute atomic E-state index is 0.000392.